The third-order valence-corrected chi connectivity index (χ3v) is 3.20. The van der Waals surface area contributed by atoms with E-state index in [2.05, 4.69) is 30.9 Å². The van der Waals surface area contributed by atoms with Crippen molar-refractivity contribution in [2.24, 2.45) is 0 Å². The van der Waals surface area contributed by atoms with E-state index in [0.717, 1.165) is 31.8 Å². The molecule has 21 heavy (non-hydrogen) atoms. The lowest BCUT2D eigenvalue weighted by Gasteiger charge is -2.18. The summed E-state index contributed by atoms with van der Waals surface area (Å²) in [6.07, 6.45) is 2.13. The standard InChI is InChI=1S/C16H26N2O3/c1-17(2)10-4-11-18(3)12-5-13-21-15-8-6-14(7-9-15)16(19)20/h6-9H,4-5,10-13H2,1-3H3,(H,19,20). The summed E-state index contributed by atoms with van der Waals surface area (Å²) in [5, 5.41) is 8.81. The number of carboxylic acids is 1. The first kappa shape index (κ1) is 17.5. The average Bonchev–Trinajstić information content (AvgIpc) is 2.43. The monoisotopic (exact) mass is 294 g/mol. The van der Waals surface area contributed by atoms with Crippen molar-refractivity contribution in [2.45, 2.75) is 12.8 Å². The number of nitrogens with zero attached hydrogens (tertiary/aromatic N) is 2. The van der Waals surface area contributed by atoms with E-state index < -0.39 is 5.97 Å². The van der Waals surface area contributed by atoms with Crippen LogP contribution in [0.5, 0.6) is 5.75 Å². The van der Waals surface area contributed by atoms with Gasteiger partial charge in [0.25, 0.3) is 0 Å². The maximum Gasteiger partial charge on any atom is 0.335 e. The van der Waals surface area contributed by atoms with Crippen molar-refractivity contribution >= 4 is 5.97 Å². The Balaban J connectivity index is 2.14. The SMILES string of the molecule is CN(C)CCCN(C)CCCOc1ccc(C(=O)O)cc1. The van der Waals surface area contributed by atoms with E-state index in [1.54, 1.807) is 24.3 Å². The first-order valence-electron chi connectivity index (χ1n) is 7.28. The molecular formula is C16H26N2O3. The van der Waals surface area contributed by atoms with Gasteiger partial charge in [-0.3, -0.25) is 0 Å². The number of benzene rings is 1. The zero-order chi connectivity index (χ0) is 15.7. The predicted molar refractivity (Wildman–Crippen MR) is 84.2 cm³/mol. The highest BCUT2D eigenvalue weighted by molar-refractivity contribution is 5.87. The molecule has 1 aromatic rings. The summed E-state index contributed by atoms with van der Waals surface area (Å²) in [4.78, 5) is 15.2. The van der Waals surface area contributed by atoms with Crippen LogP contribution in [0.1, 0.15) is 23.2 Å². The van der Waals surface area contributed by atoms with Gasteiger partial charge >= 0.3 is 5.97 Å². The second-order valence-electron chi connectivity index (χ2n) is 5.49. The van der Waals surface area contributed by atoms with E-state index >= 15 is 0 Å². The lowest BCUT2D eigenvalue weighted by atomic mass is 10.2. The minimum absolute atomic E-state index is 0.281. The minimum Gasteiger partial charge on any atom is -0.494 e. The van der Waals surface area contributed by atoms with E-state index in [0.29, 0.717) is 6.61 Å². The summed E-state index contributed by atoms with van der Waals surface area (Å²) < 4.78 is 5.61. The van der Waals surface area contributed by atoms with Crippen LogP contribution in [0.4, 0.5) is 0 Å². The third-order valence-electron chi connectivity index (χ3n) is 3.20. The molecule has 0 heterocycles. The summed E-state index contributed by atoms with van der Waals surface area (Å²) in [5.41, 5.74) is 0.281. The van der Waals surface area contributed by atoms with Crippen molar-refractivity contribution in [1.29, 1.82) is 0 Å². The van der Waals surface area contributed by atoms with Crippen molar-refractivity contribution in [3.63, 3.8) is 0 Å². The molecule has 0 amide bonds. The van der Waals surface area contributed by atoms with Crippen molar-refractivity contribution in [3.8, 4) is 5.75 Å². The highest BCUT2D eigenvalue weighted by Crippen LogP contribution is 2.12. The van der Waals surface area contributed by atoms with Gasteiger partial charge in [0.05, 0.1) is 12.2 Å². The summed E-state index contributed by atoms with van der Waals surface area (Å²) in [6.45, 7) is 3.84. The first-order chi connectivity index (χ1) is 9.99. The highest BCUT2D eigenvalue weighted by Gasteiger charge is 2.03. The van der Waals surface area contributed by atoms with Crippen LogP contribution in [0.3, 0.4) is 0 Å². The van der Waals surface area contributed by atoms with Gasteiger partial charge < -0.3 is 19.6 Å². The molecule has 0 atom stereocenters. The number of hydrogen-bond acceptors (Lipinski definition) is 4. The largest absolute Gasteiger partial charge is 0.494 e. The molecule has 0 spiro atoms. The smallest absolute Gasteiger partial charge is 0.335 e. The van der Waals surface area contributed by atoms with Gasteiger partial charge in [-0.05, 0) is 71.3 Å². The van der Waals surface area contributed by atoms with Crippen LogP contribution >= 0.6 is 0 Å². The molecule has 0 saturated heterocycles. The van der Waals surface area contributed by atoms with Crippen LogP contribution in [0.2, 0.25) is 0 Å². The second kappa shape index (κ2) is 9.37. The van der Waals surface area contributed by atoms with Crippen LogP contribution in [-0.2, 0) is 0 Å². The van der Waals surface area contributed by atoms with Gasteiger partial charge in [0.15, 0.2) is 0 Å². The molecule has 0 aliphatic heterocycles. The lowest BCUT2D eigenvalue weighted by Crippen LogP contribution is -2.25. The molecule has 1 aromatic carbocycles. The number of carbonyl (C=O) groups is 1. The first-order valence-corrected chi connectivity index (χ1v) is 7.28. The number of rotatable bonds is 10. The zero-order valence-electron chi connectivity index (χ0n) is 13.2. The van der Waals surface area contributed by atoms with E-state index in [4.69, 9.17) is 9.84 Å². The molecule has 0 bridgehead atoms. The van der Waals surface area contributed by atoms with Gasteiger partial charge in [0.1, 0.15) is 5.75 Å². The lowest BCUT2D eigenvalue weighted by molar-refractivity contribution is 0.0697. The molecule has 5 heteroatoms. The second-order valence-corrected chi connectivity index (χ2v) is 5.49. The number of hydrogen-bond donors (Lipinski definition) is 1. The van der Waals surface area contributed by atoms with E-state index in [1.165, 1.54) is 6.42 Å². The number of aromatic carboxylic acids is 1. The normalized spacial score (nSPS) is 11.1. The maximum atomic E-state index is 10.7. The Morgan fingerprint density at radius 1 is 1.05 bits per heavy atom. The fourth-order valence-electron chi connectivity index (χ4n) is 1.99. The third kappa shape index (κ3) is 7.68. The molecule has 5 nitrogen and oxygen atoms in total. The number of ether oxygens (including phenoxy) is 1. The molecule has 0 aromatic heterocycles. The van der Waals surface area contributed by atoms with Gasteiger partial charge in [0, 0.05) is 6.54 Å². The van der Waals surface area contributed by atoms with Crippen LogP contribution < -0.4 is 4.74 Å². The van der Waals surface area contributed by atoms with Crippen molar-refractivity contribution in [2.75, 3.05) is 47.4 Å². The van der Waals surface area contributed by atoms with Crippen LogP contribution in [0.15, 0.2) is 24.3 Å². The molecule has 1 N–H and O–H groups in total. The molecule has 0 unspecified atom stereocenters. The van der Waals surface area contributed by atoms with Crippen molar-refractivity contribution in [3.05, 3.63) is 29.8 Å². The van der Waals surface area contributed by atoms with Gasteiger partial charge in [-0.25, -0.2) is 4.79 Å². The van der Waals surface area contributed by atoms with E-state index in [9.17, 15) is 4.79 Å². The Morgan fingerprint density at radius 2 is 1.67 bits per heavy atom. The van der Waals surface area contributed by atoms with Crippen LogP contribution in [0, 0.1) is 0 Å². The van der Waals surface area contributed by atoms with Gasteiger partial charge in [-0.15, -0.1) is 0 Å². The summed E-state index contributed by atoms with van der Waals surface area (Å²) in [5.74, 6) is -0.198. The Morgan fingerprint density at radius 3 is 2.24 bits per heavy atom. The van der Waals surface area contributed by atoms with E-state index in [-0.39, 0.29) is 5.56 Å². The summed E-state index contributed by atoms with van der Waals surface area (Å²) >= 11 is 0. The fourth-order valence-corrected chi connectivity index (χ4v) is 1.99. The molecule has 0 fully saturated rings. The molecule has 118 valence electrons. The number of carboxylic acid groups (broad SMARTS) is 1. The van der Waals surface area contributed by atoms with Gasteiger partial charge in [0.2, 0.25) is 0 Å². The molecule has 1 rings (SSSR count). The highest BCUT2D eigenvalue weighted by atomic mass is 16.5. The minimum atomic E-state index is -0.916. The molecular weight excluding hydrogens is 268 g/mol. The van der Waals surface area contributed by atoms with Crippen molar-refractivity contribution in [1.82, 2.24) is 9.80 Å². The zero-order valence-corrected chi connectivity index (χ0v) is 13.2. The molecule has 0 saturated carbocycles. The quantitative estimate of drug-likeness (QED) is 0.669. The molecule has 0 aliphatic carbocycles. The summed E-state index contributed by atoms with van der Waals surface area (Å²) in [6, 6.07) is 6.52. The van der Waals surface area contributed by atoms with Crippen LogP contribution in [0.25, 0.3) is 0 Å². The summed E-state index contributed by atoms with van der Waals surface area (Å²) in [7, 11) is 6.30. The Kier molecular flexibility index (Phi) is 7.79. The van der Waals surface area contributed by atoms with Gasteiger partial charge in [-0.2, -0.15) is 0 Å². The van der Waals surface area contributed by atoms with Crippen molar-refractivity contribution < 1.29 is 14.6 Å². The maximum absolute atomic E-state index is 10.7. The molecule has 0 aliphatic rings. The van der Waals surface area contributed by atoms with E-state index in [1.807, 2.05) is 0 Å². The predicted octanol–water partition coefficient (Wildman–Crippen LogP) is 2.04. The average molecular weight is 294 g/mol. The fraction of sp³-hybridized carbons (Fsp3) is 0.562. The van der Waals surface area contributed by atoms with Crippen LogP contribution in [-0.4, -0.2) is 68.3 Å². The Labute approximate surface area is 127 Å². The molecule has 0 radical (unpaired) electrons. The van der Waals surface area contributed by atoms with Gasteiger partial charge in [-0.1, -0.05) is 0 Å². The topological polar surface area (TPSA) is 53.0 Å². The Bertz CT molecular complexity index is 418. The Hall–Kier alpha value is -1.59.